The van der Waals surface area contributed by atoms with Crippen molar-refractivity contribution in [1.29, 1.82) is 0 Å². The maximum absolute atomic E-state index is 13.1. The Morgan fingerprint density at radius 2 is 1.74 bits per heavy atom. The molecule has 1 N–H and O–H groups in total. The smallest absolute Gasteiger partial charge is 0.412 e. The summed E-state index contributed by atoms with van der Waals surface area (Å²) in [6.07, 6.45) is 5.48. The molecule has 1 aliphatic heterocycles. The van der Waals surface area contributed by atoms with Crippen LogP contribution in [0.5, 0.6) is 0 Å². The van der Waals surface area contributed by atoms with Crippen molar-refractivity contribution in [2.75, 3.05) is 11.9 Å². The van der Waals surface area contributed by atoms with Gasteiger partial charge in [-0.15, -0.1) is 0 Å². The number of carbonyl (C=O) groups excluding carboxylic acids is 2. The monoisotopic (exact) mass is 372 g/mol. The number of fused-ring (bicyclic) bond motifs is 1. The van der Waals surface area contributed by atoms with Crippen LogP contribution in [0.25, 0.3) is 0 Å². The fourth-order valence-corrected chi connectivity index (χ4v) is 4.45. The van der Waals surface area contributed by atoms with Gasteiger partial charge in [-0.3, -0.25) is 10.1 Å². The van der Waals surface area contributed by atoms with Crippen LogP contribution in [0.15, 0.2) is 24.3 Å². The van der Waals surface area contributed by atoms with Crippen LogP contribution < -0.4 is 5.32 Å². The van der Waals surface area contributed by atoms with Gasteiger partial charge in [0.15, 0.2) is 0 Å². The highest BCUT2D eigenvalue weighted by Gasteiger charge is 2.39. The molecule has 0 unspecified atom stereocenters. The second-order valence-electron chi connectivity index (χ2n) is 8.98. The standard InChI is InChI=1S/C22H32N2O3/c1-15-13-14-24(19-8-6-5-7-18(15)19)20(25)16-9-11-17(12-10-16)23-21(26)27-22(2,3)4/h9-12,15,18-19H,5-8,13-14H2,1-4H3,(H,23,26)/t15-,18+,19-/m1/s1. The van der Waals surface area contributed by atoms with Gasteiger partial charge in [0.05, 0.1) is 0 Å². The van der Waals surface area contributed by atoms with E-state index in [0.29, 0.717) is 29.1 Å². The first-order chi connectivity index (χ1) is 12.7. The van der Waals surface area contributed by atoms with Crippen molar-refractivity contribution in [2.24, 2.45) is 11.8 Å². The average Bonchev–Trinajstić information content (AvgIpc) is 2.61. The molecule has 2 amide bonds. The molecule has 27 heavy (non-hydrogen) atoms. The Morgan fingerprint density at radius 1 is 1.07 bits per heavy atom. The summed E-state index contributed by atoms with van der Waals surface area (Å²) in [5, 5.41) is 2.71. The van der Waals surface area contributed by atoms with Crippen LogP contribution in [0.3, 0.4) is 0 Å². The van der Waals surface area contributed by atoms with Crippen molar-refractivity contribution in [3.63, 3.8) is 0 Å². The fourth-order valence-electron chi connectivity index (χ4n) is 4.45. The lowest BCUT2D eigenvalue weighted by molar-refractivity contribution is 0.0217. The van der Waals surface area contributed by atoms with Crippen LogP contribution in [-0.2, 0) is 4.74 Å². The van der Waals surface area contributed by atoms with Gasteiger partial charge in [-0.1, -0.05) is 19.8 Å². The molecule has 148 valence electrons. The van der Waals surface area contributed by atoms with E-state index in [1.807, 2.05) is 20.8 Å². The molecule has 0 spiro atoms. The molecule has 2 fully saturated rings. The number of nitrogens with one attached hydrogen (secondary N) is 1. The molecule has 0 bridgehead atoms. The maximum atomic E-state index is 13.1. The van der Waals surface area contributed by atoms with Crippen molar-refractivity contribution in [3.8, 4) is 0 Å². The summed E-state index contributed by atoms with van der Waals surface area (Å²) in [5.41, 5.74) is 0.772. The van der Waals surface area contributed by atoms with Gasteiger partial charge in [-0.05, 0) is 76.1 Å². The summed E-state index contributed by atoms with van der Waals surface area (Å²) in [7, 11) is 0. The highest BCUT2D eigenvalue weighted by atomic mass is 16.6. The Morgan fingerprint density at radius 3 is 2.41 bits per heavy atom. The molecular formula is C22H32N2O3. The van der Waals surface area contributed by atoms with E-state index in [1.165, 1.54) is 19.3 Å². The highest BCUT2D eigenvalue weighted by Crippen LogP contribution is 2.39. The fraction of sp³-hybridized carbons (Fsp3) is 0.636. The number of likely N-dealkylation sites (tertiary alicyclic amines) is 1. The summed E-state index contributed by atoms with van der Waals surface area (Å²) in [6, 6.07) is 7.51. The third kappa shape index (κ3) is 4.82. The zero-order chi connectivity index (χ0) is 19.6. The van der Waals surface area contributed by atoms with E-state index < -0.39 is 11.7 Å². The van der Waals surface area contributed by atoms with Crippen LogP contribution >= 0.6 is 0 Å². The molecule has 1 heterocycles. The molecule has 3 atom stereocenters. The molecule has 1 saturated heterocycles. The molecular weight excluding hydrogens is 340 g/mol. The van der Waals surface area contributed by atoms with Gasteiger partial charge in [-0.2, -0.15) is 0 Å². The molecule has 0 radical (unpaired) electrons. The van der Waals surface area contributed by atoms with Gasteiger partial charge >= 0.3 is 6.09 Å². The van der Waals surface area contributed by atoms with Crippen molar-refractivity contribution >= 4 is 17.7 Å². The van der Waals surface area contributed by atoms with Gasteiger partial charge < -0.3 is 9.64 Å². The van der Waals surface area contributed by atoms with E-state index in [0.717, 1.165) is 19.4 Å². The first kappa shape index (κ1) is 19.7. The predicted octanol–water partition coefficient (Wildman–Crippen LogP) is 5.07. The summed E-state index contributed by atoms with van der Waals surface area (Å²) in [6.45, 7) is 8.66. The lowest BCUT2D eigenvalue weighted by Crippen LogP contribution is -2.52. The van der Waals surface area contributed by atoms with E-state index >= 15 is 0 Å². The van der Waals surface area contributed by atoms with Crippen molar-refractivity contribution in [3.05, 3.63) is 29.8 Å². The van der Waals surface area contributed by atoms with Gasteiger partial charge in [0, 0.05) is 23.8 Å². The Balaban J connectivity index is 1.66. The molecule has 1 aliphatic carbocycles. The molecule has 1 aromatic rings. The quantitative estimate of drug-likeness (QED) is 0.788. The number of ether oxygens (including phenoxy) is 1. The molecule has 5 nitrogen and oxygen atoms in total. The van der Waals surface area contributed by atoms with E-state index in [2.05, 4.69) is 17.1 Å². The Kier molecular flexibility index (Phi) is 5.78. The Labute approximate surface area is 162 Å². The molecule has 2 aliphatic rings. The summed E-state index contributed by atoms with van der Waals surface area (Å²) in [5.74, 6) is 1.46. The Hall–Kier alpha value is -2.04. The Bertz CT molecular complexity index is 678. The maximum Gasteiger partial charge on any atom is 0.412 e. The number of piperidine rings is 1. The predicted molar refractivity (Wildman–Crippen MR) is 107 cm³/mol. The zero-order valence-electron chi connectivity index (χ0n) is 17.0. The summed E-state index contributed by atoms with van der Waals surface area (Å²) >= 11 is 0. The second kappa shape index (κ2) is 7.91. The largest absolute Gasteiger partial charge is 0.444 e. The van der Waals surface area contributed by atoms with E-state index in [-0.39, 0.29) is 5.91 Å². The number of rotatable bonds is 2. The zero-order valence-corrected chi connectivity index (χ0v) is 17.0. The number of anilines is 1. The van der Waals surface area contributed by atoms with Crippen LogP contribution in [0.1, 0.15) is 70.2 Å². The molecule has 1 aromatic carbocycles. The van der Waals surface area contributed by atoms with Gasteiger partial charge in [0.25, 0.3) is 5.91 Å². The minimum absolute atomic E-state index is 0.114. The number of amides is 2. The number of nitrogens with zero attached hydrogens (tertiary/aromatic N) is 1. The normalized spacial score (nSPS) is 25.5. The van der Waals surface area contributed by atoms with Crippen molar-refractivity contribution < 1.29 is 14.3 Å². The van der Waals surface area contributed by atoms with E-state index in [1.54, 1.807) is 24.3 Å². The van der Waals surface area contributed by atoms with Gasteiger partial charge in [0.1, 0.15) is 5.60 Å². The van der Waals surface area contributed by atoms with Crippen molar-refractivity contribution in [2.45, 2.75) is 71.4 Å². The van der Waals surface area contributed by atoms with Crippen LogP contribution in [0, 0.1) is 11.8 Å². The first-order valence-electron chi connectivity index (χ1n) is 10.2. The third-order valence-corrected chi connectivity index (χ3v) is 5.78. The number of hydrogen-bond donors (Lipinski definition) is 1. The summed E-state index contributed by atoms with van der Waals surface area (Å²) in [4.78, 5) is 27.1. The number of benzene rings is 1. The minimum Gasteiger partial charge on any atom is -0.444 e. The second-order valence-corrected chi connectivity index (χ2v) is 8.98. The van der Waals surface area contributed by atoms with Crippen LogP contribution in [0.2, 0.25) is 0 Å². The first-order valence-corrected chi connectivity index (χ1v) is 10.2. The number of carbonyl (C=O) groups is 2. The third-order valence-electron chi connectivity index (χ3n) is 5.78. The summed E-state index contributed by atoms with van der Waals surface area (Å²) < 4.78 is 5.26. The van der Waals surface area contributed by atoms with Gasteiger partial charge in [-0.25, -0.2) is 4.79 Å². The van der Waals surface area contributed by atoms with Gasteiger partial charge in [0.2, 0.25) is 0 Å². The highest BCUT2D eigenvalue weighted by molar-refractivity contribution is 5.95. The average molecular weight is 373 g/mol. The van der Waals surface area contributed by atoms with E-state index in [4.69, 9.17) is 4.74 Å². The molecule has 1 saturated carbocycles. The SMILES string of the molecule is C[C@@H]1CCN(C(=O)c2ccc(NC(=O)OC(C)(C)C)cc2)[C@@H]2CCCC[C@@H]12. The van der Waals surface area contributed by atoms with E-state index in [9.17, 15) is 9.59 Å². The minimum atomic E-state index is -0.540. The van der Waals surface area contributed by atoms with Crippen LogP contribution in [-0.4, -0.2) is 35.1 Å². The lowest BCUT2D eigenvalue weighted by atomic mass is 9.72. The lowest BCUT2D eigenvalue weighted by Gasteiger charge is -2.47. The van der Waals surface area contributed by atoms with Crippen LogP contribution in [0.4, 0.5) is 10.5 Å². The topological polar surface area (TPSA) is 58.6 Å². The molecule has 3 rings (SSSR count). The molecule has 5 heteroatoms. The van der Waals surface area contributed by atoms with Crippen molar-refractivity contribution in [1.82, 2.24) is 4.90 Å². The number of hydrogen-bond acceptors (Lipinski definition) is 3. The molecule has 0 aromatic heterocycles.